The van der Waals surface area contributed by atoms with Gasteiger partial charge in [-0.05, 0) is 24.6 Å². The number of carbonyl (C=O) groups is 1. The number of aromatic nitrogens is 3. The molecule has 2 N–H and O–H groups in total. The van der Waals surface area contributed by atoms with Gasteiger partial charge in [-0.2, -0.15) is 0 Å². The molecule has 1 unspecified atom stereocenters. The number of nitrogens with zero attached hydrogens (tertiary/aromatic N) is 2. The smallest absolute Gasteiger partial charge is 0.230 e. The van der Waals surface area contributed by atoms with Crippen LogP contribution in [0.1, 0.15) is 31.3 Å². The van der Waals surface area contributed by atoms with Crippen molar-refractivity contribution in [1.82, 2.24) is 20.5 Å². The normalized spacial score (nSPS) is 12.2. The second-order valence-corrected chi connectivity index (χ2v) is 6.43. The van der Waals surface area contributed by atoms with Crippen molar-refractivity contribution in [3.8, 4) is 0 Å². The Labute approximate surface area is 143 Å². The summed E-state index contributed by atoms with van der Waals surface area (Å²) in [6, 6.07) is 5.16. The highest BCUT2D eigenvalue weighted by Crippen LogP contribution is 2.25. The minimum Gasteiger partial charge on any atom is -0.349 e. The minimum atomic E-state index is -0.152. The molecule has 22 heavy (non-hydrogen) atoms. The van der Waals surface area contributed by atoms with Gasteiger partial charge in [0.05, 0.1) is 21.8 Å². The molecule has 1 amide bonds. The first-order chi connectivity index (χ1) is 10.5. The number of hydrogen-bond acceptors (Lipinski definition) is 4. The van der Waals surface area contributed by atoms with Gasteiger partial charge < -0.3 is 5.32 Å². The maximum Gasteiger partial charge on any atom is 0.230 e. The summed E-state index contributed by atoms with van der Waals surface area (Å²) < 4.78 is 0. The lowest BCUT2D eigenvalue weighted by Gasteiger charge is -2.14. The molecule has 0 saturated heterocycles. The second kappa shape index (κ2) is 7.85. The van der Waals surface area contributed by atoms with Crippen LogP contribution in [-0.2, 0) is 11.2 Å². The lowest BCUT2D eigenvalue weighted by atomic mass is 10.1. The number of H-pyrrole nitrogens is 1. The molecule has 5 nitrogen and oxygen atoms in total. The first-order valence-electron chi connectivity index (χ1n) is 6.78. The number of aryl methyl sites for hydroxylation is 1. The van der Waals surface area contributed by atoms with E-state index in [1.807, 2.05) is 19.9 Å². The number of rotatable bonds is 6. The van der Waals surface area contributed by atoms with E-state index in [1.54, 1.807) is 12.1 Å². The molecule has 2 rings (SSSR count). The van der Waals surface area contributed by atoms with Crippen molar-refractivity contribution in [2.24, 2.45) is 0 Å². The molecule has 0 radical (unpaired) electrons. The number of halogens is 2. The Bertz CT molecular complexity index is 662. The largest absolute Gasteiger partial charge is 0.349 e. The van der Waals surface area contributed by atoms with Crippen molar-refractivity contribution >= 4 is 40.9 Å². The van der Waals surface area contributed by atoms with Crippen molar-refractivity contribution in [1.29, 1.82) is 0 Å². The van der Waals surface area contributed by atoms with Crippen molar-refractivity contribution in [3.63, 3.8) is 0 Å². The predicted molar refractivity (Wildman–Crippen MR) is 89.5 cm³/mol. The van der Waals surface area contributed by atoms with Crippen LogP contribution in [-0.4, -0.2) is 26.8 Å². The molecule has 2 aromatic rings. The summed E-state index contributed by atoms with van der Waals surface area (Å²) in [5.74, 6) is 0.977. The lowest BCUT2D eigenvalue weighted by Crippen LogP contribution is -2.28. The fraction of sp³-hybridized carbons (Fsp3) is 0.357. The monoisotopic (exact) mass is 358 g/mol. The number of nitrogens with one attached hydrogen (secondary N) is 2. The Morgan fingerprint density at radius 2 is 2.18 bits per heavy atom. The zero-order valence-electron chi connectivity index (χ0n) is 12.2. The Kier molecular flexibility index (Phi) is 6.11. The molecule has 0 aliphatic carbocycles. The Morgan fingerprint density at radius 1 is 1.41 bits per heavy atom. The van der Waals surface area contributed by atoms with E-state index in [0.717, 1.165) is 17.8 Å². The van der Waals surface area contributed by atoms with E-state index in [2.05, 4.69) is 20.5 Å². The van der Waals surface area contributed by atoms with Crippen LogP contribution in [0.2, 0.25) is 10.0 Å². The van der Waals surface area contributed by atoms with E-state index >= 15 is 0 Å². The van der Waals surface area contributed by atoms with Crippen molar-refractivity contribution in [2.45, 2.75) is 31.5 Å². The lowest BCUT2D eigenvalue weighted by molar-refractivity contribution is -0.119. The highest BCUT2D eigenvalue weighted by Gasteiger charge is 2.12. The fourth-order valence-electron chi connectivity index (χ4n) is 1.78. The van der Waals surface area contributed by atoms with Gasteiger partial charge in [-0.25, -0.2) is 4.98 Å². The van der Waals surface area contributed by atoms with E-state index < -0.39 is 0 Å². The van der Waals surface area contributed by atoms with Gasteiger partial charge in [-0.15, -0.1) is 5.10 Å². The molecule has 1 aromatic carbocycles. The highest BCUT2D eigenvalue weighted by atomic mass is 35.5. The minimum absolute atomic E-state index is 0.0913. The molecule has 8 heteroatoms. The van der Waals surface area contributed by atoms with Gasteiger partial charge in [0.15, 0.2) is 0 Å². The van der Waals surface area contributed by atoms with Crippen LogP contribution in [0.4, 0.5) is 0 Å². The molecule has 1 atom stereocenters. The number of benzene rings is 1. The van der Waals surface area contributed by atoms with Crippen LogP contribution in [0.3, 0.4) is 0 Å². The first-order valence-corrected chi connectivity index (χ1v) is 8.52. The summed E-state index contributed by atoms with van der Waals surface area (Å²) in [5.41, 5.74) is 0.902. The summed E-state index contributed by atoms with van der Waals surface area (Å²) in [5, 5.41) is 11.3. The molecule has 0 aliphatic rings. The third kappa shape index (κ3) is 4.63. The van der Waals surface area contributed by atoms with E-state index in [1.165, 1.54) is 11.8 Å². The third-order valence-corrected chi connectivity index (χ3v) is 4.59. The molecule has 0 fully saturated rings. The topological polar surface area (TPSA) is 70.7 Å². The number of hydrogen-bond donors (Lipinski definition) is 2. The Balaban J connectivity index is 1.86. The summed E-state index contributed by atoms with van der Waals surface area (Å²) in [4.78, 5) is 16.2. The molecule has 1 aromatic heterocycles. The second-order valence-electron chi connectivity index (χ2n) is 4.67. The quantitative estimate of drug-likeness (QED) is 0.773. The van der Waals surface area contributed by atoms with E-state index in [-0.39, 0.29) is 17.7 Å². The summed E-state index contributed by atoms with van der Waals surface area (Å²) in [6.45, 7) is 3.88. The average Bonchev–Trinajstić information content (AvgIpc) is 2.96. The van der Waals surface area contributed by atoms with Crippen LogP contribution in [0, 0.1) is 0 Å². The molecule has 1 heterocycles. The maximum absolute atomic E-state index is 12.0. The Hall–Kier alpha value is -1.24. The zero-order valence-corrected chi connectivity index (χ0v) is 14.5. The van der Waals surface area contributed by atoms with Crippen molar-refractivity contribution in [3.05, 3.63) is 39.6 Å². The van der Waals surface area contributed by atoms with Crippen LogP contribution in [0.25, 0.3) is 0 Å². The van der Waals surface area contributed by atoms with E-state index in [4.69, 9.17) is 23.2 Å². The van der Waals surface area contributed by atoms with E-state index in [9.17, 15) is 4.79 Å². The summed E-state index contributed by atoms with van der Waals surface area (Å²) in [7, 11) is 0. The summed E-state index contributed by atoms with van der Waals surface area (Å²) >= 11 is 13.2. The first kappa shape index (κ1) is 17.1. The van der Waals surface area contributed by atoms with Crippen LogP contribution < -0.4 is 5.32 Å². The maximum atomic E-state index is 12.0. The zero-order chi connectivity index (χ0) is 16.1. The van der Waals surface area contributed by atoms with Gasteiger partial charge in [-0.1, -0.05) is 48.0 Å². The number of carbonyl (C=O) groups excluding carboxylic acids is 1. The highest BCUT2D eigenvalue weighted by molar-refractivity contribution is 7.99. The molecular formula is C14H16Cl2N4OS. The molecule has 0 spiro atoms. The number of aromatic amines is 1. The van der Waals surface area contributed by atoms with Gasteiger partial charge in [0, 0.05) is 6.42 Å². The Morgan fingerprint density at radius 3 is 2.82 bits per heavy atom. The molecule has 118 valence electrons. The standard InChI is InChI=1S/C14H16Cl2N4OS/c1-3-12-18-14(20-19-12)22-7-13(21)17-8(2)9-4-5-10(15)11(16)6-9/h4-6,8H,3,7H2,1-2H3,(H,17,21)(H,18,19,20). The van der Waals surface area contributed by atoms with Gasteiger partial charge in [0.1, 0.15) is 5.82 Å². The van der Waals surface area contributed by atoms with Gasteiger partial charge >= 0.3 is 0 Å². The number of thioether (sulfide) groups is 1. The van der Waals surface area contributed by atoms with Crippen LogP contribution in [0.15, 0.2) is 23.4 Å². The number of amides is 1. The molecule has 0 saturated carbocycles. The van der Waals surface area contributed by atoms with Gasteiger partial charge in [0.25, 0.3) is 0 Å². The third-order valence-electron chi connectivity index (χ3n) is 3.00. The fourth-order valence-corrected chi connectivity index (χ4v) is 2.71. The van der Waals surface area contributed by atoms with Crippen molar-refractivity contribution in [2.75, 3.05) is 5.75 Å². The molecule has 0 bridgehead atoms. The average molecular weight is 359 g/mol. The van der Waals surface area contributed by atoms with Crippen LogP contribution >= 0.6 is 35.0 Å². The van der Waals surface area contributed by atoms with Crippen molar-refractivity contribution < 1.29 is 4.79 Å². The SMILES string of the molecule is CCc1nc(SCC(=O)NC(C)c2ccc(Cl)c(Cl)c2)n[nH]1. The predicted octanol–water partition coefficient (Wildman–Crippen LogP) is 3.64. The summed E-state index contributed by atoms with van der Waals surface area (Å²) in [6.07, 6.45) is 0.786. The van der Waals surface area contributed by atoms with E-state index in [0.29, 0.717) is 15.2 Å². The van der Waals surface area contributed by atoms with Crippen LogP contribution in [0.5, 0.6) is 0 Å². The van der Waals surface area contributed by atoms with Gasteiger partial charge in [0.2, 0.25) is 11.1 Å². The molecule has 0 aliphatic heterocycles. The molecular weight excluding hydrogens is 343 g/mol. The van der Waals surface area contributed by atoms with Gasteiger partial charge in [-0.3, -0.25) is 9.89 Å².